The van der Waals surface area contributed by atoms with Gasteiger partial charge in [0.05, 0.1) is 52.9 Å². The maximum Gasteiger partial charge on any atom is 0.279 e. The van der Waals surface area contributed by atoms with Gasteiger partial charge in [-0.05, 0) is 91.7 Å². The second-order valence-corrected chi connectivity index (χ2v) is 43.2. The number of pyridine rings is 1. The lowest BCUT2D eigenvalue weighted by atomic mass is 10.1. The van der Waals surface area contributed by atoms with Gasteiger partial charge in [-0.3, -0.25) is 48.4 Å². The van der Waals surface area contributed by atoms with Crippen LogP contribution in [0.1, 0.15) is 44.5 Å². The van der Waals surface area contributed by atoms with Crippen LogP contribution >= 0.6 is 15.9 Å². The van der Waals surface area contributed by atoms with E-state index < -0.39 is 41.7 Å². The van der Waals surface area contributed by atoms with Crippen molar-refractivity contribution in [2.24, 2.45) is 5.84 Å². The molecule has 1 amide bonds. The number of halogens is 2. The Morgan fingerprint density at radius 1 is 0.849 bits per heavy atom. The van der Waals surface area contributed by atoms with E-state index in [-0.39, 0.29) is 71.5 Å². The van der Waals surface area contributed by atoms with Crippen molar-refractivity contribution in [3.8, 4) is 45.3 Å². The summed E-state index contributed by atoms with van der Waals surface area (Å²) in [6, 6.07) is 24.9. The fourth-order valence-electron chi connectivity index (χ4n) is 10.0. The number of para-hydroxylation sites is 1. The molecule has 0 saturated carbocycles. The van der Waals surface area contributed by atoms with Crippen LogP contribution in [0.4, 0.5) is 4.39 Å². The average Bonchev–Trinajstić information content (AvgIpc) is 1.15. The predicted octanol–water partition coefficient (Wildman–Crippen LogP) is 11.5. The summed E-state index contributed by atoms with van der Waals surface area (Å²) in [5.74, 6) is 5.45. The van der Waals surface area contributed by atoms with Crippen molar-refractivity contribution < 1.29 is 32.6 Å². The van der Waals surface area contributed by atoms with Gasteiger partial charge < -0.3 is 28.4 Å². The number of amides is 1. The molecule has 2 aliphatic rings. The maximum atomic E-state index is 16.3. The first kappa shape index (κ1) is 64.0. The number of aromatic amines is 2. The number of hydrogen-bond acceptors (Lipinski definition) is 14. The summed E-state index contributed by atoms with van der Waals surface area (Å²) in [7, 11) is -4.78. The average molecular weight is 1290 g/mol. The van der Waals surface area contributed by atoms with Gasteiger partial charge in [-0.1, -0.05) is 100 Å². The van der Waals surface area contributed by atoms with Crippen LogP contribution in [0.15, 0.2) is 104 Å². The van der Waals surface area contributed by atoms with E-state index in [1.165, 1.54) is 22.8 Å². The van der Waals surface area contributed by atoms with Gasteiger partial charge in [0.25, 0.3) is 22.6 Å². The van der Waals surface area contributed by atoms with E-state index in [4.69, 9.17) is 34.2 Å². The van der Waals surface area contributed by atoms with Gasteiger partial charge in [-0.25, -0.2) is 20.2 Å². The minimum atomic E-state index is -2.08. The number of ether oxygens (including phenoxy) is 4. The third-order valence-electron chi connectivity index (χ3n) is 16.2. The lowest BCUT2D eigenvalue weighted by Crippen LogP contribution is -2.45. The molecule has 19 nitrogen and oxygen atoms in total. The number of fused-ring (bicyclic) bond motifs is 6. The molecule has 6 bridgehead atoms. The first-order chi connectivity index (χ1) is 40.6. The fourth-order valence-corrected chi connectivity index (χ4v) is 13.0. The molecule has 4 N–H and O–H groups in total. The Hall–Kier alpha value is -6.49. The highest BCUT2D eigenvalue weighted by molar-refractivity contribution is 9.10. The Morgan fingerprint density at radius 2 is 1.56 bits per heavy atom. The lowest BCUT2D eigenvalue weighted by Gasteiger charge is -2.36. The molecule has 458 valence electrons. The van der Waals surface area contributed by atoms with Crippen LogP contribution in [0, 0.1) is 5.82 Å². The molecular weight excluding hydrogens is 1210 g/mol. The van der Waals surface area contributed by atoms with Crippen LogP contribution in [-0.2, 0) is 27.2 Å². The number of rotatable bonds is 18. The number of nitrogens with two attached hydrogens (primary N) is 1. The summed E-state index contributed by atoms with van der Waals surface area (Å²) >= 11 is 3.54. The van der Waals surface area contributed by atoms with E-state index in [2.05, 4.69) is 121 Å². The highest BCUT2D eigenvalue weighted by atomic mass is 79.9. The zero-order valence-corrected chi connectivity index (χ0v) is 55.9. The van der Waals surface area contributed by atoms with Crippen LogP contribution in [-0.4, -0.2) is 133 Å². The fraction of sp³-hybridized carbons (Fsp3) is 0.435. The summed E-state index contributed by atoms with van der Waals surface area (Å²) in [4.78, 5) is 73.3. The van der Waals surface area contributed by atoms with Crippen LogP contribution in [0.3, 0.4) is 0 Å². The third-order valence-corrected chi connectivity index (χ3v) is 24.6. The molecule has 10 rings (SSSR count). The smallest absolute Gasteiger partial charge is 0.279 e. The Bertz CT molecular complexity index is 3970. The molecule has 0 radical (unpaired) electrons. The first-order valence-corrected chi connectivity index (χ1v) is 40.3. The zero-order valence-electron chi connectivity index (χ0n) is 51.4. The third kappa shape index (κ3) is 14.7. The topological polar surface area (TPSA) is 227 Å². The number of benzene rings is 4. The van der Waals surface area contributed by atoms with Crippen molar-refractivity contribution in [3.63, 3.8) is 0 Å². The number of H-pyrrole nitrogens is 2. The molecule has 24 heteroatoms. The molecule has 2 aliphatic heterocycles. The van der Waals surface area contributed by atoms with E-state index in [1.807, 2.05) is 36.4 Å². The number of nitrogens with one attached hydrogen (secondary N) is 2. The quantitative estimate of drug-likeness (QED) is 0.0181. The largest absolute Gasteiger partial charge is 0.487 e. The Morgan fingerprint density at radius 3 is 2.27 bits per heavy atom. The van der Waals surface area contributed by atoms with Gasteiger partial charge in [-0.15, -0.1) is 0 Å². The molecule has 8 aromatic rings. The molecule has 1 fully saturated rings. The van der Waals surface area contributed by atoms with Gasteiger partial charge in [0, 0.05) is 82.3 Å². The number of aromatic nitrogens is 7. The minimum absolute atomic E-state index is 0.0162. The van der Waals surface area contributed by atoms with Crippen molar-refractivity contribution in [2.45, 2.75) is 129 Å². The Balaban J connectivity index is 0.000000215. The highest BCUT2D eigenvalue weighted by Gasteiger charge is 2.37. The number of nitrogens with zero attached hydrogens (tertiary/aromatic N) is 7. The Kier molecular flexibility index (Phi) is 19.4. The monoisotopic (exact) mass is 1290 g/mol. The molecule has 86 heavy (non-hydrogen) atoms. The SMILES string of the molecule is CC(C)(C)[Si](C)(C)OCCN(N)C(=O)c1cccc(-c2nc3c(OCOCC[Si](C)(C)C)cc(Br)cc3n(COCC[Si](C)(C)C)c2=O)c1F.C[C@@H]1CC2CN1CCn1[nH]c3c(cccc3c1=O)-c1nc3c(cc(-c4ccccn4)cc3[nH]c1=O)O2. The van der Waals surface area contributed by atoms with Gasteiger partial charge in [0.15, 0.2) is 20.9 Å². The zero-order chi connectivity index (χ0) is 62.0. The van der Waals surface area contributed by atoms with E-state index in [0.29, 0.717) is 80.3 Å². The van der Waals surface area contributed by atoms with E-state index in [0.717, 1.165) is 47.9 Å². The lowest BCUT2D eigenvalue weighted by molar-refractivity contribution is 0.0228. The molecule has 1 saturated heterocycles. The van der Waals surface area contributed by atoms with Crippen molar-refractivity contribution in [2.75, 3.05) is 46.2 Å². The minimum Gasteiger partial charge on any atom is -0.487 e. The normalized spacial score (nSPS) is 16.3. The molecule has 4 aromatic carbocycles. The summed E-state index contributed by atoms with van der Waals surface area (Å²) < 4.78 is 50.6. The number of carbonyl (C=O) groups is 1. The first-order valence-electron chi connectivity index (χ1n) is 29.2. The van der Waals surface area contributed by atoms with Crippen LogP contribution in [0.25, 0.3) is 66.7 Å². The summed E-state index contributed by atoms with van der Waals surface area (Å²) in [5.41, 5.74) is 3.39. The Labute approximate surface area is 511 Å². The molecule has 0 aliphatic carbocycles. The van der Waals surface area contributed by atoms with Crippen LogP contribution in [0.5, 0.6) is 11.5 Å². The predicted molar refractivity (Wildman–Crippen MR) is 348 cm³/mol. The maximum absolute atomic E-state index is 16.3. The second-order valence-electron chi connectivity index (χ2n) is 26.2. The highest BCUT2D eigenvalue weighted by Crippen LogP contribution is 2.38. The molecular formula is C62H80BrFN10O9Si3. The molecule has 0 spiro atoms. The van der Waals surface area contributed by atoms with Gasteiger partial charge in [0.1, 0.15) is 46.8 Å². The van der Waals surface area contributed by atoms with Crippen molar-refractivity contribution in [1.29, 1.82) is 0 Å². The van der Waals surface area contributed by atoms with Gasteiger partial charge in [0.2, 0.25) is 0 Å². The number of carbonyl (C=O) groups excluding carboxylic acids is 1. The number of hydrogen-bond donors (Lipinski definition) is 3. The van der Waals surface area contributed by atoms with Gasteiger partial charge >= 0.3 is 0 Å². The van der Waals surface area contributed by atoms with Crippen LogP contribution < -0.4 is 32.0 Å². The molecule has 3 atom stereocenters. The molecule has 4 aromatic heterocycles. The van der Waals surface area contributed by atoms with Crippen molar-refractivity contribution in [3.05, 3.63) is 132 Å². The number of hydrazine groups is 1. The van der Waals surface area contributed by atoms with Crippen molar-refractivity contribution in [1.82, 2.24) is 44.2 Å². The summed E-state index contributed by atoms with van der Waals surface area (Å²) in [5, 5.41) is 4.71. The second kappa shape index (κ2) is 26.1. The molecule has 6 heterocycles. The van der Waals surface area contributed by atoms with Crippen molar-refractivity contribution >= 4 is 79.3 Å². The van der Waals surface area contributed by atoms with E-state index in [9.17, 15) is 19.2 Å². The van der Waals surface area contributed by atoms with Crippen LogP contribution in [0.2, 0.25) is 69.5 Å². The van der Waals surface area contributed by atoms with Gasteiger partial charge in [-0.2, -0.15) is 0 Å². The summed E-state index contributed by atoms with van der Waals surface area (Å²) in [6.07, 6.45) is 2.56. The summed E-state index contributed by atoms with van der Waals surface area (Å²) in [6.45, 7) is 29.5. The molecule has 2 unspecified atom stereocenters. The van der Waals surface area contributed by atoms with E-state index >= 15 is 4.39 Å². The standard InChI is InChI=1S/C35H56BrFN4O6Si3.C27H24N6O3/c1-35(2,3)50(10,11)47-16-15-41(38)33(42)27-14-12-13-26(30(27)37)31-34(43)40(23-44-17-19-48(4,5)6)28-21-25(36)22-29(32(28)39-31)46-24-45-18-20-49(7,8)9;1-15-11-17-14-32(15)9-10-33-27(35)19-6-4-5-18(23(19)31-33)24-26(34)29-21-12-16(20-7-2-3-8-28-20)13-22(36-17)25(21)30-24/h12-14,21-22H,15-20,23-24,38H2,1-11H3;2-8,12-13,15,17,31H,9-11,14H2,1H3,(H,29,34)/t;15-,17?/m.1/s1. The van der Waals surface area contributed by atoms with E-state index in [1.54, 1.807) is 35.1 Å².